The Morgan fingerprint density at radius 3 is 2.62 bits per heavy atom. The zero-order valence-electron chi connectivity index (χ0n) is 15.6. The van der Waals surface area contributed by atoms with E-state index in [9.17, 15) is 4.79 Å². The van der Waals surface area contributed by atoms with Crippen molar-refractivity contribution >= 4 is 11.9 Å². The number of hydrogen-bond donors (Lipinski definition) is 0. The second-order valence-corrected chi connectivity index (χ2v) is 8.33. The molecule has 1 aromatic rings. The lowest BCUT2D eigenvalue weighted by Crippen LogP contribution is -2.44. The lowest BCUT2D eigenvalue weighted by Gasteiger charge is -2.36. The average molecular weight is 332 g/mol. The van der Waals surface area contributed by atoms with Crippen molar-refractivity contribution in [3.63, 3.8) is 0 Å². The van der Waals surface area contributed by atoms with Crippen LogP contribution in [0.3, 0.4) is 0 Å². The van der Waals surface area contributed by atoms with Gasteiger partial charge >= 0.3 is 0 Å². The number of aromatic nitrogens is 2. The molecule has 0 radical (unpaired) electrons. The molecule has 0 unspecified atom stereocenters. The van der Waals surface area contributed by atoms with Crippen LogP contribution in [0.1, 0.15) is 44.1 Å². The molecule has 132 valence electrons. The lowest BCUT2D eigenvalue weighted by molar-refractivity contribution is -0.138. The van der Waals surface area contributed by atoms with Gasteiger partial charge in [-0.3, -0.25) is 4.79 Å². The molecule has 1 spiro atoms. The number of carbonyl (C=O) groups excluding carboxylic acids is 1. The summed E-state index contributed by atoms with van der Waals surface area (Å²) in [5, 5.41) is 0. The third kappa shape index (κ3) is 2.77. The molecule has 0 aliphatic carbocycles. The van der Waals surface area contributed by atoms with Crippen molar-refractivity contribution in [1.82, 2.24) is 14.9 Å². The minimum absolute atomic E-state index is 0.199. The summed E-state index contributed by atoms with van der Waals surface area (Å²) in [6.07, 6.45) is 0.894. The number of ether oxygens (including phenoxy) is 1. The van der Waals surface area contributed by atoms with Crippen molar-refractivity contribution < 1.29 is 9.53 Å². The molecule has 3 rings (SSSR count). The van der Waals surface area contributed by atoms with Crippen LogP contribution in [0.4, 0.5) is 5.95 Å². The van der Waals surface area contributed by atoms with E-state index in [-0.39, 0.29) is 16.7 Å². The first-order chi connectivity index (χ1) is 11.1. The van der Waals surface area contributed by atoms with Gasteiger partial charge in [0.15, 0.2) is 0 Å². The molecule has 3 heterocycles. The van der Waals surface area contributed by atoms with E-state index in [4.69, 9.17) is 9.72 Å². The van der Waals surface area contributed by atoms with Crippen LogP contribution < -0.4 is 4.90 Å². The molecule has 24 heavy (non-hydrogen) atoms. The Balaban J connectivity index is 1.99. The van der Waals surface area contributed by atoms with Crippen molar-refractivity contribution in [2.45, 2.75) is 46.1 Å². The molecular formula is C18H28N4O2. The van der Waals surface area contributed by atoms with E-state index in [1.165, 1.54) is 0 Å². The summed E-state index contributed by atoms with van der Waals surface area (Å²) < 4.78 is 5.90. The van der Waals surface area contributed by atoms with E-state index in [0.717, 1.165) is 35.9 Å². The first kappa shape index (κ1) is 17.1. The van der Waals surface area contributed by atoms with Crippen LogP contribution in [0.5, 0.6) is 0 Å². The number of likely N-dealkylation sites (tertiary alicyclic amines) is 1. The van der Waals surface area contributed by atoms with Gasteiger partial charge < -0.3 is 14.5 Å². The summed E-state index contributed by atoms with van der Waals surface area (Å²) in [7, 11) is 3.91. The fourth-order valence-corrected chi connectivity index (χ4v) is 3.64. The molecule has 0 aromatic carbocycles. The molecule has 1 amide bonds. The van der Waals surface area contributed by atoms with Gasteiger partial charge in [-0.1, -0.05) is 20.8 Å². The SMILES string of the molecule is Cc1nc(N(C)C)nc2c1COC[C@]21CCN(C(=O)C(C)(C)C)C1. The van der Waals surface area contributed by atoms with E-state index in [1.807, 2.05) is 51.6 Å². The third-order valence-corrected chi connectivity index (χ3v) is 5.01. The molecule has 2 aliphatic rings. The van der Waals surface area contributed by atoms with E-state index < -0.39 is 0 Å². The summed E-state index contributed by atoms with van der Waals surface area (Å²) in [6.45, 7) is 10.6. The number of anilines is 1. The Morgan fingerprint density at radius 1 is 1.29 bits per heavy atom. The number of aryl methyl sites for hydroxylation is 1. The van der Waals surface area contributed by atoms with Crippen molar-refractivity contribution in [1.29, 1.82) is 0 Å². The number of fused-ring (bicyclic) bond motifs is 2. The van der Waals surface area contributed by atoms with Crippen molar-refractivity contribution in [3.8, 4) is 0 Å². The molecule has 6 nitrogen and oxygen atoms in total. The molecule has 0 bridgehead atoms. The number of carbonyl (C=O) groups is 1. The maximum atomic E-state index is 12.7. The van der Waals surface area contributed by atoms with Crippen LogP contribution in [0.15, 0.2) is 0 Å². The predicted octanol–water partition coefficient (Wildman–Crippen LogP) is 1.90. The third-order valence-electron chi connectivity index (χ3n) is 5.01. The number of rotatable bonds is 1. The van der Waals surface area contributed by atoms with Crippen molar-refractivity contribution in [2.75, 3.05) is 38.7 Å². The largest absolute Gasteiger partial charge is 0.376 e. The summed E-state index contributed by atoms with van der Waals surface area (Å²) in [5.74, 6) is 0.929. The number of amides is 1. The second-order valence-electron chi connectivity index (χ2n) is 8.33. The van der Waals surface area contributed by atoms with Gasteiger partial charge in [0.1, 0.15) is 0 Å². The van der Waals surface area contributed by atoms with E-state index in [0.29, 0.717) is 19.8 Å². The average Bonchev–Trinajstić information content (AvgIpc) is 2.91. The highest BCUT2D eigenvalue weighted by atomic mass is 16.5. The van der Waals surface area contributed by atoms with Crippen LogP contribution in [-0.4, -0.2) is 54.6 Å². The fourth-order valence-electron chi connectivity index (χ4n) is 3.64. The predicted molar refractivity (Wildman–Crippen MR) is 93.1 cm³/mol. The first-order valence-corrected chi connectivity index (χ1v) is 8.56. The number of nitrogens with zero attached hydrogens (tertiary/aromatic N) is 4. The van der Waals surface area contributed by atoms with Gasteiger partial charge in [0.2, 0.25) is 11.9 Å². The molecule has 2 aliphatic heterocycles. The highest BCUT2D eigenvalue weighted by Gasteiger charge is 2.48. The smallest absolute Gasteiger partial charge is 0.227 e. The van der Waals surface area contributed by atoms with Gasteiger partial charge in [0, 0.05) is 43.9 Å². The Morgan fingerprint density at radius 2 is 2.00 bits per heavy atom. The maximum Gasteiger partial charge on any atom is 0.227 e. The zero-order valence-corrected chi connectivity index (χ0v) is 15.6. The molecule has 1 aromatic heterocycles. The Bertz CT molecular complexity index is 666. The lowest BCUT2D eigenvalue weighted by atomic mass is 9.80. The first-order valence-electron chi connectivity index (χ1n) is 8.56. The molecule has 0 saturated carbocycles. The topological polar surface area (TPSA) is 58.6 Å². The van der Waals surface area contributed by atoms with Gasteiger partial charge in [-0.2, -0.15) is 0 Å². The fraction of sp³-hybridized carbons (Fsp3) is 0.722. The van der Waals surface area contributed by atoms with Gasteiger partial charge in [-0.25, -0.2) is 9.97 Å². The Kier molecular flexibility index (Phi) is 4.06. The summed E-state index contributed by atoms with van der Waals surface area (Å²) >= 11 is 0. The van der Waals surface area contributed by atoms with Gasteiger partial charge in [-0.05, 0) is 13.3 Å². The van der Waals surface area contributed by atoms with Gasteiger partial charge in [0.25, 0.3) is 0 Å². The van der Waals surface area contributed by atoms with Crippen LogP contribution in [0.25, 0.3) is 0 Å². The van der Waals surface area contributed by atoms with Crippen LogP contribution >= 0.6 is 0 Å². The highest BCUT2D eigenvalue weighted by molar-refractivity contribution is 5.82. The Hall–Kier alpha value is -1.69. The normalized spacial score (nSPS) is 23.5. The van der Waals surface area contributed by atoms with Crippen LogP contribution in [-0.2, 0) is 21.6 Å². The molecule has 1 atom stereocenters. The molecule has 6 heteroatoms. The summed E-state index contributed by atoms with van der Waals surface area (Å²) in [5.41, 5.74) is 2.59. The standard InChI is InChI=1S/C18H28N4O2/c1-12-13-9-24-11-18(14(13)20-16(19-12)21(5)6)7-8-22(10-18)15(23)17(2,3)4/h7-11H2,1-6H3/t18-/m1/s1. The van der Waals surface area contributed by atoms with Gasteiger partial charge in [0.05, 0.1) is 24.3 Å². The molecule has 1 fully saturated rings. The van der Waals surface area contributed by atoms with Crippen LogP contribution in [0, 0.1) is 12.3 Å². The minimum atomic E-state index is -0.361. The Labute approximate surface area is 144 Å². The van der Waals surface area contributed by atoms with Crippen LogP contribution in [0.2, 0.25) is 0 Å². The molecule has 1 saturated heterocycles. The van der Waals surface area contributed by atoms with Crippen molar-refractivity contribution in [2.24, 2.45) is 5.41 Å². The highest BCUT2D eigenvalue weighted by Crippen LogP contribution is 2.41. The monoisotopic (exact) mass is 332 g/mol. The van der Waals surface area contributed by atoms with E-state index >= 15 is 0 Å². The minimum Gasteiger partial charge on any atom is -0.376 e. The molecular weight excluding hydrogens is 304 g/mol. The second kappa shape index (κ2) is 5.69. The molecule has 0 N–H and O–H groups in total. The zero-order chi connectivity index (χ0) is 17.7. The van der Waals surface area contributed by atoms with Crippen molar-refractivity contribution in [3.05, 3.63) is 17.0 Å². The maximum absolute atomic E-state index is 12.7. The summed E-state index contributed by atoms with van der Waals surface area (Å²) in [4.78, 5) is 26.1. The van der Waals surface area contributed by atoms with E-state index in [2.05, 4.69) is 4.98 Å². The van der Waals surface area contributed by atoms with Gasteiger partial charge in [-0.15, -0.1) is 0 Å². The quantitative estimate of drug-likeness (QED) is 0.786. The van der Waals surface area contributed by atoms with E-state index in [1.54, 1.807) is 0 Å². The number of hydrogen-bond acceptors (Lipinski definition) is 5. The summed E-state index contributed by atoms with van der Waals surface area (Å²) in [6, 6.07) is 0.